The Morgan fingerprint density at radius 3 is 2.71 bits per heavy atom. The lowest BCUT2D eigenvalue weighted by Gasteiger charge is -1.78. The van der Waals surface area contributed by atoms with Crippen molar-refractivity contribution >= 4 is 0 Å². The second-order valence-electron chi connectivity index (χ2n) is 2.05. The van der Waals surface area contributed by atoms with Crippen molar-refractivity contribution in [1.29, 1.82) is 0 Å². The van der Waals surface area contributed by atoms with Gasteiger partial charge in [0.15, 0.2) is 0 Å². The molecule has 0 aromatic rings. The fourth-order valence-corrected chi connectivity index (χ4v) is 0.737. The minimum Gasteiger partial charge on any atom is -0.251 e. The van der Waals surface area contributed by atoms with Crippen molar-refractivity contribution in [2.75, 3.05) is 6.67 Å². The van der Waals surface area contributed by atoms with E-state index in [9.17, 15) is 4.39 Å². The maximum Gasteiger partial charge on any atom is 0.0928 e. The zero-order valence-corrected chi connectivity index (χ0v) is 4.23. The summed E-state index contributed by atoms with van der Waals surface area (Å²) in [5.74, 6) is 0.836. The van der Waals surface area contributed by atoms with Crippen LogP contribution in [0.3, 0.4) is 0 Å². The number of alkyl halides is 1. The lowest BCUT2D eigenvalue weighted by Crippen LogP contribution is -1.77. The van der Waals surface area contributed by atoms with E-state index in [4.69, 9.17) is 0 Å². The van der Waals surface area contributed by atoms with Crippen LogP contribution in [0.15, 0.2) is 12.7 Å². The van der Waals surface area contributed by atoms with E-state index >= 15 is 0 Å². The summed E-state index contributed by atoms with van der Waals surface area (Å²) < 4.78 is 11.6. The van der Waals surface area contributed by atoms with Crippen molar-refractivity contribution in [2.24, 2.45) is 11.8 Å². The highest BCUT2D eigenvalue weighted by Gasteiger charge is 2.33. The van der Waals surface area contributed by atoms with E-state index in [0.29, 0.717) is 11.8 Å². The zero-order chi connectivity index (χ0) is 5.28. The summed E-state index contributed by atoms with van der Waals surface area (Å²) in [5, 5.41) is 0. The van der Waals surface area contributed by atoms with Crippen LogP contribution in [-0.4, -0.2) is 6.67 Å². The molecule has 2 unspecified atom stereocenters. The number of hydrogen-bond acceptors (Lipinski definition) is 0. The van der Waals surface area contributed by atoms with E-state index in [1.54, 1.807) is 0 Å². The van der Waals surface area contributed by atoms with E-state index in [-0.39, 0.29) is 6.67 Å². The molecule has 0 aromatic heterocycles. The van der Waals surface area contributed by atoms with Gasteiger partial charge in [0.05, 0.1) is 6.67 Å². The Hall–Kier alpha value is -0.330. The van der Waals surface area contributed by atoms with Crippen LogP contribution in [0.25, 0.3) is 0 Å². The summed E-state index contributed by atoms with van der Waals surface area (Å²) in [4.78, 5) is 0. The van der Waals surface area contributed by atoms with Crippen molar-refractivity contribution in [3.8, 4) is 0 Å². The highest BCUT2D eigenvalue weighted by atomic mass is 19.1. The van der Waals surface area contributed by atoms with Gasteiger partial charge in [-0.1, -0.05) is 6.08 Å². The molecule has 0 saturated heterocycles. The fourth-order valence-electron chi connectivity index (χ4n) is 0.737. The number of allylic oxidation sites excluding steroid dienone is 1. The van der Waals surface area contributed by atoms with Crippen molar-refractivity contribution in [2.45, 2.75) is 6.42 Å². The quantitative estimate of drug-likeness (QED) is 0.464. The third-order valence-electron chi connectivity index (χ3n) is 1.48. The second-order valence-corrected chi connectivity index (χ2v) is 2.05. The molecule has 0 radical (unpaired) electrons. The molecule has 2 atom stereocenters. The molecule has 0 aliphatic heterocycles. The predicted molar refractivity (Wildman–Crippen MR) is 27.8 cm³/mol. The number of rotatable bonds is 2. The molecule has 0 heterocycles. The van der Waals surface area contributed by atoms with Crippen LogP contribution < -0.4 is 0 Å². The predicted octanol–water partition coefficient (Wildman–Crippen LogP) is 1.78. The average molecular weight is 100 g/mol. The lowest BCUT2D eigenvalue weighted by atomic mass is 10.3. The zero-order valence-electron chi connectivity index (χ0n) is 4.23. The highest BCUT2D eigenvalue weighted by Crippen LogP contribution is 2.39. The molecular formula is C6H9F. The minimum absolute atomic E-state index is 0.156. The molecule has 0 amide bonds. The van der Waals surface area contributed by atoms with Gasteiger partial charge < -0.3 is 0 Å². The smallest absolute Gasteiger partial charge is 0.0928 e. The van der Waals surface area contributed by atoms with Crippen LogP contribution in [0.1, 0.15) is 6.42 Å². The van der Waals surface area contributed by atoms with Crippen LogP contribution in [0.4, 0.5) is 4.39 Å². The van der Waals surface area contributed by atoms with E-state index < -0.39 is 0 Å². The topological polar surface area (TPSA) is 0 Å². The second kappa shape index (κ2) is 1.65. The van der Waals surface area contributed by atoms with Crippen LogP contribution >= 0.6 is 0 Å². The van der Waals surface area contributed by atoms with E-state index in [0.717, 1.165) is 6.42 Å². The molecule has 7 heavy (non-hydrogen) atoms. The van der Waals surface area contributed by atoms with Crippen LogP contribution in [0, 0.1) is 11.8 Å². The van der Waals surface area contributed by atoms with Crippen molar-refractivity contribution in [3.63, 3.8) is 0 Å². The molecule has 0 N–H and O–H groups in total. The minimum atomic E-state index is -0.156. The van der Waals surface area contributed by atoms with Crippen molar-refractivity contribution in [1.82, 2.24) is 0 Å². The molecule has 1 saturated carbocycles. The van der Waals surface area contributed by atoms with Crippen LogP contribution in [0.2, 0.25) is 0 Å². The summed E-state index contributed by atoms with van der Waals surface area (Å²) in [6.45, 7) is 3.40. The summed E-state index contributed by atoms with van der Waals surface area (Å²) in [6, 6.07) is 0. The summed E-state index contributed by atoms with van der Waals surface area (Å²) in [5.41, 5.74) is 0. The summed E-state index contributed by atoms with van der Waals surface area (Å²) in [6.07, 6.45) is 2.87. The Morgan fingerprint density at radius 2 is 2.57 bits per heavy atom. The molecular weight excluding hydrogens is 91.1 g/mol. The van der Waals surface area contributed by atoms with Gasteiger partial charge in [-0.3, -0.25) is 4.39 Å². The first-order chi connectivity index (χ1) is 3.38. The normalized spacial score (nSPS) is 37.9. The molecule has 0 bridgehead atoms. The first kappa shape index (κ1) is 4.82. The number of hydrogen-bond donors (Lipinski definition) is 0. The molecule has 1 heteroatoms. The maximum atomic E-state index is 11.6. The maximum absolute atomic E-state index is 11.6. The van der Waals surface area contributed by atoms with Crippen LogP contribution in [0.5, 0.6) is 0 Å². The molecule has 0 nitrogen and oxygen atoms in total. The van der Waals surface area contributed by atoms with Gasteiger partial charge in [-0.05, 0) is 18.3 Å². The first-order valence-electron chi connectivity index (χ1n) is 2.57. The molecule has 1 aliphatic rings. The molecule has 1 rings (SSSR count). The third-order valence-corrected chi connectivity index (χ3v) is 1.48. The van der Waals surface area contributed by atoms with E-state index in [2.05, 4.69) is 6.58 Å². The van der Waals surface area contributed by atoms with Gasteiger partial charge in [-0.25, -0.2) is 0 Å². The molecule has 0 spiro atoms. The van der Waals surface area contributed by atoms with Gasteiger partial charge in [0, 0.05) is 0 Å². The Morgan fingerprint density at radius 1 is 1.86 bits per heavy atom. The van der Waals surface area contributed by atoms with Gasteiger partial charge in [0.25, 0.3) is 0 Å². The first-order valence-corrected chi connectivity index (χ1v) is 2.57. The lowest BCUT2D eigenvalue weighted by molar-refractivity contribution is 0.449. The summed E-state index contributed by atoms with van der Waals surface area (Å²) >= 11 is 0. The van der Waals surface area contributed by atoms with E-state index in [1.165, 1.54) is 0 Å². The molecule has 1 aliphatic carbocycles. The largest absolute Gasteiger partial charge is 0.251 e. The van der Waals surface area contributed by atoms with Gasteiger partial charge in [-0.2, -0.15) is 0 Å². The standard InChI is InChI=1S/C6H9F/c1-2-5-3-6(5)4-7/h2,5-6H,1,3-4H2. The van der Waals surface area contributed by atoms with Gasteiger partial charge in [-0.15, -0.1) is 6.58 Å². The van der Waals surface area contributed by atoms with Crippen LogP contribution in [-0.2, 0) is 0 Å². The molecule has 40 valence electrons. The molecule has 1 fully saturated rings. The van der Waals surface area contributed by atoms with E-state index in [1.807, 2.05) is 6.08 Å². The monoisotopic (exact) mass is 100 g/mol. The van der Waals surface area contributed by atoms with Crippen molar-refractivity contribution < 1.29 is 4.39 Å². The Kier molecular flexibility index (Phi) is 1.13. The number of halogens is 1. The average Bonchev–Trinajstić information content (AvgIpc) is 2.43. The Labute approximate surface area is 43.0 Å². The Balaban J connectivity index is 2.17. The third kappa shape index (κ3) is 0.817. The molecule has 0 aromatic carbocycles. The van der Waals surface area contributed by atoms with Gasteiger partial charge in [0.1, 0.15) is 0 Å². The summed E-state index contributed by atoms with van der Waals surface area (Å²) in [7, 11) is 0. The SMILES string of the molecule is C=CC1CC1CF. The Bertz CT molecular complexity index is 78.2. The highest BCUT2D eigenvalue weighted by molar-refractivity contribution is 4.97. The van der Waals surface area contributed by atoms with Gasteiger partial charge >= 0.3 is 0 Å². The van der Waals surface area contributed by atoms with Crippen molar-refractivity contribution in [3.05, 3.63) is 12.7 Å². The fraction of sp³-hybridized carbons (Fsp3) is 0.667. The van der Waals surface area contributed by atoms with Gasteiger partial charge in [0.2, 0.25) is 0 Å².